The van der Waals surface area contributed by atoms with Crippen molar-refractivity contribution in [3.63, 3.8) is 0 Å². The van der Waals surface area contributed by atoms with Gasteiger partial charge in [0.1, 0.15) is 0 Å². The van der Waals surface area contributed by atoms with Crippen LogP contribution in [-0.2, 0) is 26.2 Å². The molecule has 1 aliphatic carbocycles. The summed E-state index contributed by atoms with van der Waals surface area (Å²) < 4.78 is 0. The van der Waals surface area contributed by atoms with Crippen LogP contribution in [0.3, 0.4) is 0 Å². The second-order valence-corrected chi connectivity index (χ2v) is 1.00. The Balaban J connectivity index is -0.0000000312. The third-order valence-electron chi connectivity index (χ3n) is 0.586. The van der Waals surface area contributed by atoms with Crippen molar-refractivity contribution in [3.8, 4) is 0 Å². The van der Waals surface area contributed by atoms with Crippen LogP contribution in [0.4, 0.5) is 0 Å². The summed E-state index contributed by atoms with van der Waals surface area (Å²) in [6.07, 6.45) is 10.0. The molecule has 1 rings (SSSR count). The zero-order valence-corrected chi connectivity index (χ0v) is 9.30. The Morgan fingerprint density at radius 1 is 1.11 bits per heavy atom. The van der Waals surface area contributed by atoms with Gasteiger partial charge in [0.25, 0.3) is 0 Å². The fourth-order valence-electron chi connectivity index (χ4n) is 0.340. The maximum Gasteiger partial charge on any atom is 4.00 e. The summed E-state index contributed by atoms with van der Waals surface area (Å²) in [5, 5.41) is 0. The minimum Gasteiger partial charge on any atom is -1.00 e. The molecule has 4 heteroatoms. The predicted molar refractivity (Wildman–Crippen MR) is 21.6 cm³/mol. The Labute approximate surface area is 93.5 Å². The van der Waals surface area contributed by atoms with E-state index in [0.29, 0.717) is 0 Å². The second-order valence-electron chi connectivity index (χ2n) is 1.00. The SMILES string of the molecule is [C-]1=CC=CC1.[Cl-].[Cl-].[Cl-].[Zr+4]. The molecule has 0 amide bonds. The van der Waals surface area contributed by atoms with Crippen LogP contribution in [0.1, 0.15) is 6.42 Å². The molecule has 0 heterocycles. The molecule has 50 valence electrons. The molecule has 0 fully saturated rings. The van der Waals surface area contributed by atoms with Gasteiger partial charge < -0.3 is 37.2 Å². The summed E-state index contributed by atoms with van der Waals surface area (Å²) in [5.41, 5.74) is 0. The predicted octanol–water partition coefficient (Wildman–Crippen LogP) is -7.68. The van der Waals surface area contributed by atoms with E-state index in [9.17, 15) is 0 Å². The van der Waals surface area contributed by atoms with Crippen molar-refractivity contribution >= 4 is 0 Å². The van der Waals surface area contributed by atoms with Gasteiger partial charge in [-0.1, -0.05) is 0 Å². The molecule has 9 heavy (non-hydrogen) atoms. The normalized spacial score (nSPS) is 9.78. The average Bonchev–Trinajstić information content (AvgIpc) is 1.76. The van der Waals surface area contributed by atoms with Crippen LogP contribution in [0, 0.1) is 6.08 Å². The Morgan fingerprint density at radius 2 is 1.67 bits per heavy atom. The van der Waals surface area contributed by atoms with Crippen LogP contribution in [0.25, 0.3) is 0 Å². The zero-order valence-electron chi connectivity index (χ0n) is 4.57. The van der Waals surface area contributed by atoms with E-state index in [0.717, 1.165) is 6.42 Å². The van der Waals surface area contributed by atoms with E-state index in [2.05, 4.69) is 12.2 Å². The molecular weight excluding hydrogens is 258 g/mol. The third kappa shape index (κ3) is 12.4. The first kappa shape index (κ1) is 22.5. The first-order chi connectivity index (χ1) is 2.50. The molecular formula is C5H5Cl3Zr. The summed E-state index contributed by atoms with van der Waals surface area (Å²) in [5.74, 6) is 0. The summed E-state index contributed by atoms with van der Waals surface area (Å²) in [6, 6.07) is 0. The molecule has 0 aromatic rings. The van der Waals surface area contributed by atoms with Gasteiger partial charge in [0.2, 0.25) is 0 Å². The molecule has 0 saturated heterocycles. The topological polar surface area (TPSA) is 0 Å². The molecule has 1 aliphatic rings. The van der Waals surface area contributed by atoms with Crippen molar-refractivity contribution in [2.45, 2.75) is 6.42 Å². The number of rotatable bonds is 0. The number of hydrogen-bond acceptors (Lipinski definition) is 0. The molecule has 0 aromatic heterocycles. The van der Waals surface area contributed by atoms with Gasteiger partial charge in [-0.2, -0.15) is 6.08 Å². The van der Waals surface area contributed by atoms with Crippen LogP contribution < -0.4 is 37.2 Å². The zero-order chi connectivity index (χ0) is 3.54. The van der Waals surface area contributed by atoms with E-state index in [-0.39, 0.29) is 63.4 Å². The molecule has 0 atom stereocenters. The Hall–Kier alpha value is 1.23. The maximum absolute atomic E-state index is 2.99. The van der Waals surface area contributed by atoms with Gasteiger partial charge in [-0.3, -0.25) is 6.08 Å². The van der Waals surface area contributed by atoms with E-state index >= 15 is 0 Å². The van der Waals surface area contributed by atoms with E-state index in [1.165, 1.54) is 0 Å². The van der Waals surface area contributed by atoms with E-state index in [1.807, 2.05) is 12.2 Å². The van der Waals surface area contributed by atoms with Crippen LogP contribution in [0.15, 0.2) is 18.2 Å². The van der Waals surface area contributed by atoms with Crippen molar-refractivity contribution in [2.24, 2.45) is 0 Å². The minimum atomic E-state index is 0. The summed E-state index contributed by atoms with van der Waals surface area (Å²) >= 11 is 0. The standard InChI is InChI=1S/C5H5.3ClH.Zr/c1-2-4-5-3-1;;;;/h1-3H,4H2;3*1H;/q-1;;;;+4/p-3. The summed E-state index contributed by atoms with van der Waals surface area (Å²) in [4.78, 5) is 0. The molecule has 0 radical (unpaired) electrons. The number of allylic oxidation sites excluding steroid dienone is 4. The van der Waals surface area contributed by atoms with Gasteiger partial charge in [0, 0.05) is 0 Å². The molecule has 0 N–H and O–H groups in total. The van der Waals surface area contributed by atoms with Crippen LogP contribution in [0.2, 0.25) is 0 Å². The molecule has 0 spiro atoms. The van der Waals surface area contributed by atoms with Crippen molar-refractivity contribution < 1.29 is 63.4 Å². The van der Waals surface area contributed by atoms with Gasteiger partial charge in [0.05, 0.1) is 0 Å². The van der Waals surface area contributed by atoms with Gasteiger partial charge in [-0.05, 0) is 0 Å². The van der Waals surface area contributed by atoms with Gasteiger partial charge in [0.15, 0.2) is 0 Å². The average molecular weight is 263 g/mol. The second kappa shape index (κ2) is 16.1. The Morgan fingerprint density at radius 3 is 1.78 bits per heavy atom. The Kier molecular flexibility index (Phi) is 40.2. The Bertz CT molecular complexity index is 70.3. The molecule has 0 unspecified atom stereocenters. The first-order valence-corrected chi connectivity index (χ1v) is 1.72. The van der Waals surface area contributed by atoms with Crippen LogP contribution >= 0.6 is 0 Å². The maximum atomic E-state index is 2.99. The van der Waals surface area contributed by atoms with E-state index in [4.69, 9.17) is 0 Å². The van der Waals surface area contributed by atoms with Crippen molar-refractivity contribution in [1.82, 2.24) is 0 Å². The molecule has 0 aromatic carbocycles. The summed E-state index contributed by atoms with van der Waals surface area (Å²) in [6.45, 7) is 0. The van der Waals surface area contributed by atoms with Crippen molar-refractivity contribution in [1.29, 1.82) is 0 Å². The largest absolute Gasteiger partial charge is 4.00 e. The molecule has 0 aliphatic heterocycles. The number of hydrogen-bond donors (Lipinski definition) is 0. The molecule has 0 saturated carbocycles. The molecule has 0 nitrogen and oxygen atoms in total. The minimum absolute atomic E-state index is 0. The quantitative estimate of drug-likeness (QED) is 0.381. The summed E-state index contributed by atoms with van der Waals surface area (Å²) in [7, 11) is 0. The fourth-order valence-corrected chi connectivity index (χ4v) is 0.340. The van der Waals surface area contributed by atoms with Crippen molar-refractivity contribution in [2.75, 3.05) is 0 Å². The van der Waals surface area contributed by atoms with E-state index in [1.54, 1.807) is 0 Å². The van der Waals surface area contributed by atoms with Gasteiger partial charge in [-0.25, -0.2) is 12.2 Å². The first-order valence-electron chi connectivity index (χ1n) is 1.72. The monoisotopic (exact) mass is 260 g/mol. The van der Waals surface area contributed by atoms with E-state index < -0.39 is 0 Å². The fraction of sp³-hybridized carbons (Fsp3) is 0.200. The van der Waals surface area contributed by atoms with Gasteiger partial charge >= 0.3 is 26.2 Å². The van der Waals surface area contributed by atoms with Crippen molar-refractivity contribution in [3.05, 3.63) is 24.3 Å². The van der Waals surface area contributed by atoms with Gasteiger partial charge in [-0.15, -0.1) is 6.42 Å². The smallest absolute Gasteiger partial charge is 1.00 e. The van der Waals surface area contributed by atoms with Crippen LogP contribution in [-0.4, -0.2) is 0 Å². The number of halogens is 3. The third-order valence-corrected chi connectivity index (χ3v) is 0.586. The molecule has 0 bridgehead atoms. The van der Waals surface area contributed by atoms with Crippen LogP contribution in [0.5, 0.6) is 0 Å².